The summed E-state index contributed by atoms with van der Waals surface area (Å²) in [5.41, 5.74) is 0. The van der Waals surface area contributed by atoms with Gasteiger partial charge in [-0.15, -0.1) is 0 Å². The molecule has 0 radical (unpaired) electrons. The smallest absolute Gasteiger partial charge is 0.315 e. The lowest BCUT2D eigenvalue weighted by molar-refractivity contribution is -0.131. The lowest BCUT2D eigenvalue weighted by atomic mass is 10.9. The molecule has 46 valence electrons. The highest BCUT2D eigenvalue weighted by Crippen LogP contribution is 2.01. The van der Waals surface area contributed by atoms with E-state index < -0.39 is 5.97 Å². The first-order chi connectivity index (χ1) is 3.63. The Kier molecular flexibility index (Phi) is 3.26. The molecular weight excluding hydrogens is 128 g/mol. The molecular formula is C4H6O3S. The maximum Gasteiger partial charge on any atom is 0.315 e. The topological polar surface area (TPSA) is 43.4 Å². The fraction of sp³-hybridized carbons (Fsp3) is 0.500. The summed E-state index contributed by atoms with van der Waals surface area (Å²) in [7, 11) is 0. The third kappa shape index (κ3) is 5.49. The van der Waals surface area contributed by atoms with E-state index in [1.165, 1.54) is 13.8 Å². The van der Waals surface area contributed by atoms with Gasteiger partial charge >= 0.3 is 5.97 Å². The number of hydrogen-bond acceptors (Lipinski definition) is 4. The van der Waals surface area contributed by atoms with Crippen molar-refractivity contribution in [2.75, 3.05) is 0 Å². The van der Waals surface area contributed by atoms with Gasteiger partial charge in [0.1, 0.15) is 12.0 Å². The van der Waals surface area contributed by atoms with Crippen LogP contribution in [0.5, 0.6) is 0 Å². The van der Waals surface area contributed by atoms with Gasteiger partial charge in [-0.3, -0.25) is 9.59 Å². The van der Waals surface area contributed by atoms with Crippen LogP contribution in [-0.4, -0.2) is 11.1 Å². The maximum absolute atomic E-state index is 10.0. The van der Waals surface area contributed by atoms with E-state index in [0.717, 1.165) is 0 Å². The average Bonchev–Trinajstić information content (AvgIpc) is 1.61. The molecule has 3 nitrogen and oxygen atoms in total. The molecule has 0 saturated carbocycles. The zero-order chi connectivity index (χ0) is 6.57. The fourth-order valence-corrected chi connectivity index (χ4v) is 0.352. The van der Waals surface area contributed by atoms with Crippen molar-refractivity contribution >= 4 is 23.1 Å². The van der Waals surface area contributed by atoms with E-state index >= 15 is 0 Å². The SMILES string of the molecule is CC(=O)OSC(C)=O. The van der Waals surface area contributed by atoms with Crippen molar-refractivity contribution in [2.45, 2.75) is 13.8 Å². The third-order valence-corrected chi connectivity index (χ3v) is 0.829. The van der Waals surface area contributed by atoms with Crippen molar-refractivity contribution in [2.24, 2.45) is 0 Å². The van der Waals surface area contributed by atoms with E-state index in [4.69, 9.17) is 0 Å². The highest BCUT2D eigenvalue weighted by Gasteiger charge is 1.96. The number of hydrogen-bond donors (Lipinski definition) is 0. The quantitative estimate of drug-likeness (QED) is 0.458. The van der Waals surface area contributed by atoms with Crippen LogP contribution in [0.1, 0.15) is 13.8 Å². The third-order valence-electron chi connectivity index (χ3n) is 0.276. The van der Waals surface area contributed by atoms with Gasteiger partial charge in [-0.05, 0) is 0 Å². The van der Waals surface area contributed by atoms with E-state index in [9.17, 15) is 9.59 Å². The zero-order valence-corrected chi connectivity index (χ0v) is 5.45. The zero-order valence-electron chi connectivity index (χ0n) is 4.63. The molecule has 0 aliphatic rings. The number of carbonyl (C=O) groups excluding carboxylic acids is 2. The van der Waals surface area contributed by atoms with Crippen LogP contribution in [-0.2, 0) is 13.8 Å². The van der Waals surface area contributed by atoms with Crippen LogP contribution in [0, 0.1) is 0 Å². The molecule has 0 saturated heterocycles. The highest BCUT2D eigenvalue weighted by atomic mass is 32.2. The summed E-state index contributed by atoms with van der Waals surface area (Å²) in [6.07, 6.45) is 0. The lowest BCUT2D eigenvalue weighted by Crippen LogP contribution is -1.92. The molecule has 0 aromatic heterocycles. The molecule has 0 aliphatic carbocycles. The van der Waals surface area contributed by atoms with E-state index in [2.05, 4.69) is 4.18 Å². The predicted molar refractivity (Wildman–Crippen MR) is 30.0 cm³/mol. The van der Waals surface area contributed by atoms with E-state index in [1.807, 2.05) is 0 Å². The Hall–Kier alpha value is -0.510. The van der Waals surface area contributed by atoms with Crippen molar-refractivity contribution in [3.05, 3.63) is 0 Å². The Labute approximate surface area is 51.6 Å². The minimum absolute atomic E-state index is 0.222. The van der Waals surface area contributed by atoms with Gasteiger partial charge in [-0.25, -0.2) is 0 Å². The molecule has 8 heavy (non-hydrogen) atoms. The molecule has 0 aliphatic heterocycles. The molecule has 0 fully saturated rings. The summed E-state index contributed by atoms with van der Waals surface area (Å²) in [6, 6.07) is 0. The fourth-order valence-electron chi connectivity index (χ4n) is 0.117. The van der Waals surface area contributed by atoms with Gasteiger partial charge in [0.15, 0.2) is 0 Å². The average molecular weight is 134 g/mol. The Morgan fingerprint density at radius 2 is 1.88 bits per heavy atom. The Morgan fingerprint density at radius 1 is 1.38 bits per heavy atom. The van der Waals surface area contributed by atoms with Crippen LogP contribution in [0.2, 0.25) is 0 Å². The standard InChI is InChI=1S/C4H6O3S/c1-3(5)7-8-4(2)6/h1-2H3. The molecule has 0 bridgehead atoms. The van der Waals surface area contributed by atoms with Gasteiger partial charge in [0.25, 0.3) is 0 Å². The second-order valence-corrected chi connectivity index (χ2v) is 2.06. The first-order valence-electron chi connectivity index (χ1n) is 1.98. The maximum atomic E-state index is 10.0. The van der Waals surface area contributed by atoms with Crippen LogP contribution >= 0.6 is 12.0 Å². The van der Waals surface area contributed by atoms with Crippen LogP contribution in [0.25, 0.3) is 0 Å². The number of carbonyl (C=O) groups is 2. The molecule has 0 aromatic carbocycles. The summed E-state index contributed by atoms with van der Waals surface area (Å²) in [5, 5.41) is -0.222. The molecule has 0 N–H and O–H groups in total. The molecule has 0 heterocycles. The molecule has 0 rings (SSSR count). The highest BCUT2D eigenvalue weighted by molar-refractivity contribution is 8.09. The normalized spacial score (nSPS) is 8.25. The van der Waals surface area contributed by atoms with Crippen molar-refractivity contribution in [1.29, 1.82) is 0 Å². The van der Waals surface area contributed by atoms with Crippen molar-refractivity contribution in [3.63, 3.8) is 0 Å². The molecule has 0 amide bonds. The van der Waals surface area contributed by atoms with Gasteiger partial charge in [0.05, 0.1) is 0 Å². The summed E-state index contributed by atoms with van der Waals surface area (Å²) in [5.74, 6) is -0.454. The lowest BCUT2D eigenvalue weighted by Gasteiger charge is -1.90. The van der Waals surface area contributed by atoms with E-state index in [-0.39, 0.29) is 5.12 Å². The van der Waals surface area contributed by atoms with Gasteiger partial charge in [0, 0.05) is 13.8 Å². The second-order valence-electron chi connectivity index (χ2n) is 1.15. The molecule has 0 aromatic rings. The monoisotopic (exact) mass is 134 g/mol. The minimum atomic E-state index is -0.454. The van der Waals surface area contributed by atoms with E-state index in [0.29, 0.717) is 12.0 Å². The van der Waals surface area contributed by atoms with Crippen molar-refractivity contribution in [1.82, 2.24) is 0 Å². The summed E-state index contributed by atoms with van der Waals surface area (Å²) in [6.45, 7) is 2.57. The largest absolute Gasteiger partial charge is 0.383 e. The predicted octanol–water partition coefficient (Wildman–Crippen LogP) is 0.744. The molecule has 4 heteroatoms. The van der Waals surface area contributed by atoms with Gasteiger partial charge in [-0.1, -0.05) is 0 Å². The first kappa shape index (κ1) is 7.49. The Balaban J connectivity index is 3.18. The van der Waals surface area contributed by atoms with Gasteiger partial charge in [-0.2, -0.15) is 0 Å². The minimum Gasteiger partial charge on any atom is -0.383 e. The Morgan fingerprint density at radius 3 is 2.00 bits per heavy atom. The van der Waals surface area contributed by atoms with Gasteiger partial charge in [0.2, 0.25) is 5.12 Å². The van der Waals surface area contributed by atoms with Crippen LogP contribution in [0.15, 0.2) is 0 Å². The molecule has 0 unspecified atom stereocenters. The second kappa shape index (κ2) is 3.49. The number of rotatable bonds is 0. The summed E-state index contributed by atoms with van der Waals surface area (Å²) in [4.78, 5) is 20.0. The van der Waals surface area contributed by atoms with Crippen molar-refractivity contribution in [3.8, 4) is 0 Å². The first-order valence-corrected chi connectivity index (χ1v) is 2.72. The van der Waals surface area contributed by atoms with Gasteiger partial charge < -0.3 is 4.18 Å². The summed E-state index contributed by atoms with van der Waals surface area (Å²) < 4.78 is 4.23. The summed E-state index contributed by atoms with van der Waals surface area (Å²) >= 11 is 0.551. The molecule has 0 atom stereocenters. The molecule has 0 spiro atoms. The van der Waals surface area contributed by atoms with Crippen LogP contribution in [0.3, 0.4) is 0 Å². The Bertz CT molecular complexity index is 95.9. The van der Waals surface area contributed by atoms with E-state index in [1.54, 1.807) is 0 Å². The van der Waals surface area contributed by atoms with Crippen molar-refractivity contribution < 1.29 is 13.8 Å². The van der Waals surface area contributed by atoms with Crippen LogP contribution in [0.4, 0.5) is 0 Å². The van der Waals surface area contributed by atoms with Crippen LogP contribution < -0.4 is 0 Å².